The maximum atomic E-state index is 12.4. The fourth-order valence-electron chi connectivity index (χ4n) is 2.44. The third kappa shape index (κ3) is 5.28. The number of carbonyl (C=O) groups is 2. The number of rotatable bonds is 5. The Labute approximate surface area is 147 Å². The molecule has 6 heteroatoms. The molecule has 0 radical (unpaired) electrons. The highest BCUT2D eigenvalue weighted by molar-refractivity contribution is 5.88. The first-order chi connectivity index (χ1) is 11.8. The van der Waals surface area contributed by atoms with Gasteiger partial charge >= 0.3 is 6.09 Å². The van der Waals surface area contributed by atoms with Crippen molar-refractivity contribution in [3.05, 3.63) is 36.0 Å². The van der Waals surface area contributed by atoms with Crippen molar-refractivity contribution in [1.82, 2.24) is 15.6 Å². The van der Waals surface area contributed by atoms with Gasteiger partial charge in [0.15, 0.2) is 0 Å². The summed E-state index contributed by atoms with van der Waals surface area (Å²) in [5.41, 5.74) is 1.25. The van der Waals surface area contributed by atoms with Gasteiger partial charge in [-0.25, -0.2) is 4.79 Å². The van der Waals surface area contributed by atoms with Crippen LogP contribution in [0.25, 0.3) is 10.9 Å². The summed E-state index contributed by atoms with van der Waals surface area (Å²) in [4.78, 5) is 27.6. The first-order valence-electron chi connectivity index (χ1n) is 8.06. The molecule has 0 unspecified atom stereocenters. The number of nitrogens with one attached hydrogen (secondary N) is 3. The monoisotopic (exact) mass is 341 g/mol. The predicted octanol–water partition coefficient (Wildman–Crippen LogP) is 2.35. The van der Waals surface area contributed by atoms with E-state index >= 15 is 0 Å². The Kier molecular flexibility index (Phi) is 5.71. The second-order valence-corrected chi connectivity index (χ2v) is 6.68. The molecule has 0 bridgehead atoms. The van der Waals surface area contributed by atoms with Gasteiger partial charge in [0.05, 0.1) is 6.54 Å². The van der Waals surface area contributed by atoms with Crippen LogP contribution in [0, 0.1) is 12.3 Å². The van der Waals surface area contributed by atoms with Gasteiger partial charge in [0.1, 0.15) is 11.6 Å². The number of alkyl carbamates (subject to hydrolysis) is 1. The number of aromatic nitrogens is 1. The van der Waals surface area contributed by atoms with E-state index in [9.17, 15) is 9.59 Å². The maximum absolute atomic E-state index is 12.4. The van der Waals surface area contributed by atoms with Gasteiger partial charge in [-0.3, -0.25) is 4.79 Å². The van der Waals surface area contributed by atoms with Gasteiger partial charge in [0, 0.05) is 23.5 Å². The molecule has 0 aliphatic rings. The van der Waals surface area contributed by atoms with E-state index in [2.05, 4.69) is 21.5 Å². The van der Waals surface area contributed by atoms with Crippen LogP contribution in [0.1, 0.15) is 26.3 Å². The van der Waals surface area contributed by atoms with Gasteiger partial charge < -0.3 is 20.4 Å². The highest BCUT2D eigenvalue weighted by atomic mass is 16.6. The van der Waals surface area contributed by atoms with E-state index in [0.29, 0.717) is 6.42 Å². The fourth-order valence-corrected chi connectivity index (χ4v) is 2.44. The van der Waals surface area contributed by atoms with Gasteiger partial charge in [-0.05, 0) is 32.4 Å². The number of carbonyl (C=O) groups excluding carboxylic acids is 2. The molecule has 0 spiro atoms. The first-order valence-corrected chi connectivity index (χ1v) is 8.06. The molecule has 0 aliphatic carbocycles. The molecule has 2 rings (SSSR count). The van der Waals surface area contributed by atoms with Crippen molar-refractivity contribution in [3.8, 4) is 12.3 Å². The number of para-hydroxylation sites is 1. The number of ether oxygens (including phenoxy) is 1. The summed E-state index contributed by atoms with van der Waals surface area (Å²) >= 11 is 0. The summed E-state index contributed by atoms with van der Waals surface area (Å²) in [7, 11) is 0. The molecular weight excluding hydrogens is 318 g/mol. The molecule has 2 amide bonds. The second-order valence-electron chi connectivity index (χ2n) is 6.68. The quantitative estimate of drug-likeness (QED) is 0.730. The smallest absolute Gasteiger partial charge is 0.408 e. The lowest BCUT2D eigenvalue weighted by Crippen LogP contribution is -2.49. The number of amides is 2. The molecule has 1 atom stereocenters. The lowest BCUT2D eigenvalue weighted by atomic mass is 10.0. The first kappa shape index (κ1) is 18.4. The SMILES string of the molecule is C#CCNC(=O)[C@@H](Cc1c[nH]c2ccccc12)NC(=O)OC(C)(C)C. The van der Waals surface area contributed by atoms with Gasteiger partial charge in [0.2, 0.25) is 5.91 Å². The molecule has 1 aromatic heterocycles. The molecule has 0 fully saturated rings. The Morgan fingerprint density at radius 3 is 2.72 bits per heavy atom. The average molecular weight is 341 g/mol. The van der Waals surface area contributed by atoms with E-state index < -0.39 is 17.7 Å². The topological polar surface area (TPSA) is 83.2 Å². The predicted molar refractivity (Wildman–Crippen MR) is 97.0 cm³/mol. The van der Waals surface area contributed by atoms with Crippen LogP contribution in [0.4, 0.5) is 4.79 Å². The molecule has 1 aromatic carbocycles. The van der Waals surface area contributed by atoms with Crippen molar-refractivity contribution in [2.75, 3.05) is 6.54 Å². The Balaban J connectivity index is 2.18. The molecule has 3 N–H and O–H groups in total. The summed E-state index contributed by atoms with van der Waals surface area (Å²) in [5.74, 6) is 2.00. The molecular formula is C19H23N3O3. The van der Waals surface area contributed by atoms with Crippen LogP contribution < -0.4 is 10.6 Å². The number of H-pyrrole nitrogens is 1. The standard InChI is InChI=1S/C19H23N3O3/c1-5-10-20-17(23)16(22-18(24)25-19(2,3)4)11-13-12-21-15-9-7-6-8-14(13)15/h1,6-9,12,16,21H,10-11H2,2-4H3,(H,20,23)(H,22,24)/t16-/m1/s1. The zero-order valence-electron chi connectivity index (χ0n) is 14.7. The van der Waals surface area contributed by atoms with Gasteiger partial charge in [-0.2, -0.15) is 0 Å². The minimum atomic E-state index is -0.789. The number of fused-ring (bicyclic) bond motifs is 1. The normalized spacial score (nSPS) is 12.2. The molecule has 2 aromatic rings. The summed E-state index contributed by atoms with van der Waals surface area (Å²) in [6, 6.07) is 6.98. The Morgan fingerprint density at radius 2 is 2.04 bits per heavy atom. The van der Waals surface area contributed by atoms with Crippen molar-refractivity contribution < 1.29 is 14.3 Å². The van der Waals surface area contributed by atoms with E-state index in [1.807, 2.05) is 30.5 Å². The minimum Gasteiger partial charge on any atom is -0.444 e. The molecule has 6 nitrogen and oxygen atoms in total. The zero-order valence-corrected chi connectivity index (χ0v) is 14.7. The van der Waals surface area contributed by atoms with Crippen LogP contribution in [0.2, 0.25) is 0 Å². The maximum Gasteiger partial charge on any atom is 0.408 e. The molecule has 0 aliphatic heterocycles. The van der Waals surface area contributed by atoms with Gasteiger partial charge in [-0.15, -0.1) is 6.42 Å². The lowest BCUT2D eigenvalue weighted by molar-refractivity contribution is -0.122. The van der Waals surface area contributed by atoms with Crippen LogP contribution >= 0.6 is 0 Å². The zero-order chi connectivity index (χ0) is 18.4. The van der Waals surface area contributed by atoms with E-state index in [0.717, 1.165) is 16.5 Å². The Morgan fingerprint density at radius 1 is 1.32 bits per heavy atom. The summed E-state index contributed by atoms with van der Waals surface area (Å²) < 4.78 is 5.25. The number of benzene rings is 1. The van der Waals surface area contributed by atoms with Crippen molar-refractivity contribution in [1.29, 1.82) is 0 Å². The Bertz CT molecular complexity index is 796. The molecule has 1 heterocycles. The van der Waals surface area contributed by atoms with Gasteiger partial charge in [0.25, 0.3) is 0 Å². The minimum absolute atomic E-state index is 0.0964. The van der Waals surface area contributed by atoms with Crippen LogP contribution in [-0.2, 0) is 16.0 Å². The van der Waals surface area contributed by atoms with Gasteiger partial charge in [-0.1, -0.05) is 24.1 Å². The fraction of sp³-hybridized carbons (Fsp3) is 0.368. The third-order valence-electron chi connectivity index (χ3n) is 3.47. The van der Waals surface area contributed by atoms with Crippen molar-refractivity contribution in [3.63, 3.8) is 0 Å². The molecule has 25 heavy (non-hydrogen) atoms. The van der Waals surface area contributed by atoms with E-state index in [4.69, 9.17) is 11.2 Å². The second kappa shape index (κ2) is 7.75. The summed E-state index contributed by atoms with van der Waals surface area (Å²) in [6.07, 6.45) is 6.70. The molecule has 132 valence electrons. The highest BCUT2D eigenvalue weighted by Gasteiger charge is 2.25. The van der Waals surface area contributed by atoms with Crippen LogP contribution in [0.3, 0.4) is 0 Å². The highest BCUT2D eigenvalue weighted by Crippen LogP contribution is 2.19. The van der Waals surface area contributed by atoms with Crippen molar-refractivity contribution in [2.45, 2.75) is 38.8 Å². The number of hydrogen-bond acceptors (Lipinski definition) is 3. The van der Waals surface area contributed by atoms with E-state index in [-0.39, 0.29) is 12.5 Å². The summed E-state index contributed by atoms with van der Waals surface area (Å²) in [5, 5.41) is 6.24. The van der Waals surface area contributed by atoms with E-state index in [1.165, 1.54) is 0 Å². The van der Waals surface area contributed by atoms with Crippen molar-refractivity contribution >= 4 is 22.9 Å². The van der Waals surface area contributed by atoms with Crippen LogP contribution in [0.15, 0.2) is 30.5 Å². The average Bonchev–Trinajstić information content (AvgIpc) is 2.93. The largest absolute Gasteiger partial charge is 0.444 e. The van der Waals surface area contributed by atoms with Crippen LogP contribution in [-0.4, -0.2) is 35.2 Å². The molecule has 0 saturated carbocycles. The third-order valence-corrected chi connectivity index (χ3v) is 3.47. The Hall–Kier alpha value is -2.94. The number of terminal acetylenes is 1. The van der Waals surface area contributed by atoms with Crippen LogP contribution in [0.5, 0.6) is 0 Å². The summed E-state index contributed by atoms with van der Waals surface area (Å²) in [6.45, 7) is 5.39. The number of hydrogen-bond donors (Lipinski definition) is 3. The van der Waals surface area contributed by atoms with E-state index in [1.54, 1.807) is 20.8 Å². The van der Waals surface area contributed by atoms with Crippen molar-refractivity contribution in [2.24, 2.45) is 0 Å². The lowest BCUT2D eigenvalue weighted by Gasteiger charge is -2.23. The molecule has 0 saturated heterocycles. The number of aromatic amines is 1.